The lowest BCUT2D eigenvalue weighted by Gasteiger charge is -2.11. The van der Waals surface area contributed by atoms with Crippen LogP contribution in [0.1, 0.15) is 5.69 Å². The zero-order valence-electron chi connectivity index (χ0n) is 12.6. The molecule has 0 fully saturated rings. The van der Waals surface area contributed by atoms with E-state index in [9.17, 15) is 4.39 Å². The van der Waals surface area contributed by atoms with Crippen LogP contribution in [-0.4, -0.2) is 9.97 Å². The Balaban J connectivity index is 1.89. The van der Waals surface area contributed by atoms with E-state index in [4.69, 9.17) is 23.2 Å². The van der Waals surface area contributed by atoms with E-state index in [1.54, 1.807) is 42.5 Å². The van der Waals surface area contributed by atoms with Crippen molar-refractivity contribution >= 4 is 46.3 Å². The molecule has 0 amide bonds. The molecule has 1 heterocycles. The van der Waals surface area contributed by atoms with Crippen LogP contribution >= 0.6 is 23.2 Å². The van der Waals surface area contributed by atoms with E-state index in [-0.39, 0.29) is 11.8 Å². The summed E-state index contributed by atoms with van der Waals surface area (Å²) in [5.74, 6) is 0.418. The Hall–Kier alpha value is -2.37. The zero-order valence-corrected chi connectivity index (χ0v) is 14.2. The minimum atomic E-state index is -0.380. The molecule has 2 N–H and O–H groups in total. The summed E-state index contributed by atoms with van der Waals surface area (Å²) in [5, 5.41) is 7.03. The van der Waals surface area contributed by atoms with Gasteiger partial charge in [0.25, 0.3) is 0 Å². The van der Waals surface area contributed by atoms with E-state index < -0.39 is 0 Å². The maximum atomic E-state index is 13.8. The molecule has 0 aliphatic heterocycles. The molecular formula is C17H13Cl2FN4. The summed E-state index contributed by atoms with van der Waals surface area (Å²) in [4.78, 5) is 8.60. The number of benzene rings is 2. The van der Waals surface area contributed by atoms with Gasteiger partial charge in [0.1, 0.15) is 11.6 Å². The zero-order chi connectivity index (χ0) is 17.1. The molecule has 0 saturated heterocycles. The quantitative estimate of drug-likeness (QED) is 0.623. The smallest absolute Gasteiger partial charge is 0.229 e. The molecular weight excluding hydrogens is 350 g/mol. The third-order valence-corrected chi connectivity index (χ3v) is 3.73. The largest absolute Gasteiger partial charge is 0.339 e. The highest BCUT2D eigenvalue weighted by Gasteiger charge is 2.08. The van der Waals surface area contributed by atoms with E-state index in [0.717, 1.165) is 0 Å². The second-order valence-corrected chi connectivity index (χ2v) is 5.92. The van der Waals surface area contributed by atoms with Crippen molar-refractivity contribution in [2.24, 2.45) is 0 Å². The van der Waals surface area contributed by atoms with Gasteiger partial charge < -0.3 is 10.6 Å². The molecule has 0 unspecified atom stereocenters. The molecule has 7 heteroatoms. The number of aromatic nitrogens is 2. The molecule has 0 aliphatic rings. The summed E-state index contributed by atoms with van der Waals surface area (Å²) >= 11 is 12.1. The molecule has 0 atom stereocenters. The Labute approximate surface area is 148 Å². The van der Waals surface area contributed by atoms with Crippen LogP contribution in [0.3, 0.4) is 0 Å². The molecule has 0 saturated carbocycles. The molecule has 122 valence electrons. The third kappa shape index (κ3) is 3.93. The average molecular weight is 363 g/mol. The van der Waals surface area contributed by atoms with Crippen molar-refractivity contribution in [3.8, 4) is 0 Å². The van der Waals surface area contributed by atoms with Gasteiger partial charge in [-0.25, -0.2) is 9.37 Å². The second kappa shape index (κ2) is 7.03. The van der Waals surface area contributed by atoms with Gasteiger partial charge in [-0.1, -0.05) is 35.3 Å². The van der Waals surface area contributed by atoms with Crippen molar-refractivity contribution in [3.05, 3.63) is 70.1 Å². The first-order valence-electron chi connectivity index (χ1n) is 7.10. The van der Waals surface area contributed by atoms with E-state index in [1.165, 1.54) is 6.07 Å². The highest BCUT2D eigenvalue weighted by atomic mass is 35.5. The highest BCUT2D eigenvalue weighted by Crippen LogP contribution is 2.28. The Morgan fingerprint density at radius 1 is 0.917 bits per heavy atom. The van der Waals surface area contributed by atoms with Crippen molar-refractivity contribution in [1.29, 1.82) is 0 Å². The van der Waals surface area contributed by atoms with Gasteiger partial charge in [-0.05, 0) is 37.3 Å². The number of hydrogen-bond acceptors (Lipinski definition) is 4. The number of para-hydroxylation sites is 1. The Morgan fingerprint density at radius 2 is 1.71 bits per heavy atom. The lowest BCUT2D eigenvalue weighted by molar-refractivity contribution is 0.631. The first kappa shape index (κ1) is 16.5. The van der Waals surface area contributed by atoms with Crippen LogP contribution in [0.15, 0.2) is 48.5 Å². The average Bonchev–Trinajstić information content (AvgIpc) is 2.53. The topological polar surface area (TPSA) is 49.8 Å². The molecule has 0 bridgehead atoms. The molecule has 0 radical (unpaired) electrons. The maximum absolute atomic E-state index is 13.8. The van der Waals surface area contributed by atoms with Crippen molar-refractivity contribution < 1.29 is 4.39 Å². The van der Waals surface area contributed by atoms with Crippen LogP contribution in [-0.2, 0) is 0 Å². The van der Waals surface area contributed by atoms with Gasteiger partial charge in [0.15, 0.2) is 0 Å². The predicted octanol–water partition coefficient (Wildman–Crippen LogP) is 5.72. The Kier molecular flexibility index (Phi) is 4.83. The normalized spacial score (nSPS) is 10.5. The molecule has 24 heavy (non-hydrogen) atoms. The first-order valence-corrected chi connectivity index (χ1v) is 7.86. The minimum Gasteiger partial charge on any atom is -0.339 e. The van der Waals surface area contributed by atoms with Crippen molar-refractivity contribution in [2.75, 3.05) is 10.6 Å². The maximum Gasteiger partial charge on any atom is 0.229 e. The fourth-order valence-electron chi connectivity index (χ4n) is 2.10. The van der Waals surface area contributed by atoms with Gasteiger partial charge in [0, 0.05) is 16.8 Å². The molecule has 3 rings (SSSR count). The summed E-state index contributed by atoms with van der Waals surface area (Å²) in [7, 11) is 0. The van der Waals surface area contributed by atoms with Crippen molar-refractivity contribution in [1.82, 2.24) is 9.97 Å². The standard InChI is InChI=1S/C17H13Cl2FN4/c1-10-8-16(22-15-9-11(18)6-7-12(15)19)24-17(21-10)23-14-5-3-2-4-13(14)20/h2-9H,1H3,(H2,21,22,23,24). The fourth-order valence-corrected chi connectivity index (χ4v) is 2.44. The molecule has 2 aromatic carbocycles. The van der Waals surface area contributed by atoms with Crippen LogP contribution in [0.5, 0.6) is 0 Å². The van der Waals surface area contributed by atoms with Gasteiger partial charge >= 0.3 is 0 Å². The summed E-state index contributed by atoms with van der Waals surface area (Å²) in [6.07, 6.45) is 0. The second-order valence-electron chi connectivity index (χ2n) is 5.07. The van der Waals surface area contributed by atoms with E-state index in [0.29, 0.717) is 32.9 Å². The van der Waals surface area contributed by atoms with E-state index in [1.807, 2.05) is 6.92 Å². The number of aryl methyl sites for hydroxylation is 1. The van der Waals surface area contributed by atoms with Crippen LogP contribution in [0.2, 0.25) is 10.0 Å². The fraction of sp³-hybridized carbons (Fsp3) is 0.0588. The number of rotatable bonds is 4. The van der Waals surface area contributed by atoms with Crippen LogP contribution in [0, 0.1) is 12.7 Å². The highest BCUT2D eigenvalue weighted by molar-refractivity contribution is 6.35. The van der Waals surface area contributed by atoms with Crippen LogP contribution in [0.25, 0.3) is 0 Å². The van der Waals surface area contributed by atoms with Gasteiger partial charge in [0.05, 0.1) is 16.4 Å². The number of nitrogens with zero attached hydrogens (tertiary/aromatic N) is 2. The van der Waals surface area contributed by atoms with Gasteiger partial charge in [-0.15, -0.1) is 0 Å². The summed E-state index contributed by atoms with van der Waals surface area (Å²) in [5.41, 5.74) is 1.64. The van der Waals surface area contributed by atoms with E-state index in [2.05, 4.69) is 20.6 Å². The molecule has 0 aliphatic carbocycles. The van der Waals surface area contributed by atoms with Gasteiger partial charge in [0.2, 0.25) is 5.95 Å². The lowest BCUT2D eigenvalue weighted by atomic mass is 10.3. The van der Waals surface area contributed by atoms with Gasteiger partial charge in [-0.3, -0.25) is 0 Å². The lowest BCUT2D eigenvalue weighted by Crippen LogP contribution is -2.03. The van der Waals surface area contributed by atoms with E-state index >= 15 is 0 Å². The van der Waals surface area contributed by atoms with Crippen molar-refractivity contribution in [2.45, 2.75) is 6.92 Å². The van der Waals surface area contributed by atoms with Crippen LogP contribution in [0.4, 0.5) is 27.5 Å². The number of hydrogen-bond donors (Lipinski definition) is 2. The summed E-state index contributed by atoms with van der Waals surface area (Å²) in [6, 6.07) is 13.2. The molecule has 0 spiro atoms. The van der Waals surface area contributed by atoms with Gasteiger partial charge in [-0.2, -0.15) is 4.98 Å². The number of nitrogens with one attached hydrogen (secondary N) is 2. The Morgan fingerprint density at radius 3 is 2.50 bits per heavy atom. The minimum absolute atomic E-state index is 0.278. The predicted molar refractivity (Wildman–Crippen MR) is 96.2 cm³/mol. The summed E-state index contributed by atoms with van der Waals surface area (Å²) < 4.78 is 13.8. The monoisotopic (exact) mass is 362 g/mol. The molecule has 1 aromatic heterocycles. The number of halogens is 3. The first-order chi connectivity index (χ1) is 11.5. The van der Waals surface area contributed by atoms with Crippen LogP contribution < -0.4 is 10.6 Å². The third-order valence-electron chi connectivity index (χ3n) is 3.17. The number of anilines is 4. The van der Waals surface area contributed by atoms with Crippen molar-refractivity contribution in [3.63, 3.8) is 0 Å². The molecule has 3 aromatic rings. The SMILES string of the molecule is Cc1cc(Nc2cc(Cl)ccc2Cl)nc(Nc2ccccc2F)n1. The summed E-state index contributed by atoms with van der Waals surface area (Å²) in [6.45, 7) is 1.82. The molecule has 4 nitrogen and oxygen atoms in total. The Bertz CT molecular complexity index is 886.